The van der Waals surface area contributed by atoms with Gasteiger partial charge in [0.05, 0.1) is 13.2 Å². The number of alkyl halides is 1. The van der Waals surface area contributed by atoms with Gasteiger partial charge in [0.25, 0.3) is 0 Å². The summed E-state index contributed by atoms with van der Waals surface area (Å²) in [6.45, 7) is 1.28. The average Bonchev–Trinajstić information content (AvgIpc) is 2.49. The van der Waals surface area contributed by atoms with Gasteiger partial charge in [-0.2, -0.15) is 0 Å². The monoisotopic (exact) mass is 324 g/mol. The summed E-state index contributed by atoms with van der Waals surface area (Å²) in [5.41, 5.74) is 0. The second-order valence-electron chi connectivity index (χ2n) is 5.53. The third-order valence-electron chi connectivity index (χ3n) is 3.95. The Hall–Kier alpha value is -1.66. The zero-order valence-corrected chi connectivity index (χ0v) is 13.3. The molecule has 0 bridgehead atoms. The minimum absolute atomic E-state index is 0.257. The van der Waals surface area contributed by atoms with Gasteiger partial charge in [-0.25, -0.2) is 14.4 Å². The van der Waals surface area contributed by atoms with Gasteiger partial charge in [-0.05, 0) is 25.6 Å². The largest absolute Gasteiger partial charge is 0.481 e. The summed E-state index contributed by atoms with van der Waals surface area (Å²) in [5, 5.41) is 5.12. The summed E-state index contributed by atoms with van der Waals surface area (Å²) < 4.78 is 19.5. The van der Waals surface area contributed by atoms with Crippen LogP contribution in [0.15, 0.2) is 18.3 Å². The number of anilines is 1. The van der Waals surface area contributed by atoms with Gasteiger partial charge in [-0.15, -0.1) is 0 Å². The van der Waals surface area contributed by atoms with E-state index in [2.05, 4.69) is 15.3 Å². The molecule has 3 heterocycles. The van der Waals surface area contributed by atoms with E-state index in [4.69, 9.17) is 16.3 Å². The van der Waals surface area contributed by atoms with Gasteiger partial charge in [0, 0.05) is 30.1 Å². The first kappa shape index (κ1) is 15.2. The van der Waals surface area contributed by atoms with E-state index in [-0.39, 0.29) is 6.04 Å². The quantitative estimate of drug-likeness (QED) is 0.880. The molecule has 1 aliphatic rings. The fourth-order valence-corrected chi connectivity index (χ4v) is 2.97. The molecule has 2 aromatic rings. The molecule has 0 aliphatic carbocycles. The van der Waals surface area contributed by atoms with Gasteiger partial charge in [-0.1, -0.05) is 11.6 Å². The SMILES string of the molecule is COc1nc(Cl)cc2c(N[C@@H]3CCN(C)C[C@@H]3F)nccc12. The first-order valence-corrected chi connectivity index (χ1v) is 7.54. The average molecular weight is 325 g/mol. The van der Waals surface area contributed by atoms with Crippen molar-refractivity contribution < 1.29 is 9.13 Å². The van der Waals surface area contributed by atoms with Crippen molar-refractivity contribution in [2.45, 2.75) is 18.6 Å². The molecule has 3 rings (SSSR count). The van der Waals surface area contributed by atoms with Gasteiger partial charge in [0.1, 0.15) is 17.1 Å². The van der Waals surface area contributed by atoms with E-state index >= 15 is 0 Å². The maximum absolute atomic E-state index is 14.2. The molecular formula is C15H18ClFN4O. The lowest BCUT2D eigenvalue weighted by Crippen LogP contribution is -2.46. The Kier molecular flexibility index (Phi) is 4.31. The molecule has 5 nitrogen and oxygen atoms in total. The maximum Gasteiger partial charge on any atom is 0.222 e. The number of pyridine rings is 2. The molecule has 0 aromatic carbocycles. The van der Waals surface area contributed by atoms with Crippen LogP contribution in [-0.2, 0) is 0 Å². The van der Waals surface area contributed by atoms with Gasteiger partial charge in [-0.3, -0.25) is 0 Å². The standard InChI is InChI=1S/C15H18ClFN4O/c1-21-6-4-12(11(17)8-21)19-14-10-7-13(16)20-15(22-2)9(10)3-5-18-14/h3,5,7,11-12H,4,6,8H2,1-2H3,(H,18,19)/t11-,12+/m0/s1. The minimum atomic E-state index is -0.935. The van der Waals surface area contributed by atoms with Crippen LogP contribution in [0.2, 0.25) is 5.15 Å². The van der Waals surface area contributed by atoms with E-state index < -0.39 is 6.17 Å². The van der Waals surface area contributed by atoms with E-state index in [9.17, 15) is 4.39 Å². The number of ether oxygens (including phenoxy) is 1. The van der Waals surface area contributed by atoms with E-state index in [1.807, 2.05) is 18.0 Å². The summed E-state index contributed by atoms with van der Waals surface area (Å²) in [4.78, 5) is 10.5. The molecule has 0 saturated carbocycles. The van der Waals surface area contributed by atoms with Crippen LogP contribution in [0, 0.1) is 0 Å². The molecule has 1 N–H and O–H groups in total. The number of fused-ring (bicyclic) bond motifs is 1. The van der Waals surface area contributed by atoms with Gasteiger partial charge >= 0.3 is 0 Å². The Labute approximate surface area is 133 Å². The molecule has 22 heavy (non-hydrogen) atoms. The number of hydrogen-bond donors (Lipinski definition) is 1. The summed E-state index contributed by atoms with van der Waals surface area (Å²) in [6.07, 6.45) is 1.45. The van der Waals surface area contributed by atoms with Crippen LogP contribution in [0.1, 0.15) is 6.42 Å². The van der Waals surface area contributed by atoms with Crippen LogP contribution in [0.5, 0.6) is 5.88 Å². The third-order valence-corrected chi connectivity index (χ3v) is 4.15. The van der Waals surface area contributed by atoms with Crippen molar-refractivity contribution >= 4 is 28.2 Å². The van der Waals surface area contributed by atoms with Gasteiger partial charge in [0.2, 0.25) is 5.88 Å². The van der Waals surface area contributed by atoms with E-state index in [0.29, 0.717) is 23.4 Å². The molecular weight excluding hydrogens is 307 g/mol. The highest BCUT2D eigenvalue weighted by molar-refractivity contribution is 6.30. The van der Waals surface area contributed by atoms with Crippen LogP contribution in [0.25, 0.3) is 10.8 Å². The Morgan fingerprint density at radius 3 is 3.00 bits per heavy atom. The lowest BCUT2D eigenvalue weighted by atomic mass is 10.0. The Bertz CT molecular complexity index is 684. The topological polar surface area (TPSA) is 50.3 Å². The fourth-order valence-electron chi connectivity index (χ4n) is 2.78. The number of likely N-dealkylation sites (tertiary alicyclic amines) is 1. The summed E-state index contributed by atoms with van der Waals surface area (Å²) in [7, 11) is 3.47. The highest BCUT2D eigenvalue weighted by Gasteiger charge is 2.28. The first-order chi connectivity index (χ1) is 10.6. The van der Waals surface area contributed by atoms with E-state index in [1.165, 1.54) is 0 Å². The van der Waals surface area contributed by atoms with Crippen LogP contribution >= 0.6 is 11.6 Å². The van der Waals surface area contributed by atoms with Crippen LogP contribution in [-0.4, -0.2) is 54.3 Å². The fraction of sp³-hybridized carbons (Fsp3) is 0.467. The summed E-state index contributed by atoms with van der Waals surface area (Å²) >= 11 is 6.04. The molecule has 1 saturated heterocycles. The Balaban J connectivity index is 1.95. The number of nitrogens with zero attached hydrogens (tertiary/aromatic N) is 3. The minimum Gasteiger partial charge on any atom is -0.481 e. The molecule has 0 unspecified atom stereocenters. The van der Waals surface area contributed by atoms with Crippen molar-refractivity contribution in [2.24, 2.45) is 0 Å². The number of aromatic nitrogens is 2. The van der Waals surface area contributed by atoms with Gasteiger partial charge in [0.15, 0.2) is 0 Å². The van der Waals surface area contributed by atoms with E-state index in [1.54, 1.807) is 19.4 Å². The number of hydrogen-bond acceptors (Lipinski definition) is 5. The van der Waals surface area contributed by atoms with Crippen LogP contribution in [0.4, 0.5) is 10.2 Å². The third kappa shape index (κ3) is 2.94. The van der Waals surface area contributed by atoms with Gasteiger partial charge < -0.3 is 15.0 Å². The zero-order chi connectivity index (χ0) is 15.7. The molecule has 0 radical (unpaired) electrons. The van der Waals surface area contributed by atoms with Crippen molar-refractivity contribution in [3.63, 3.8) is 0 Å². The van der Waals surface area contributed by atoms with Crippen molar-refractivity contribution in [3.8, 4) is 5.88 Å². The second kappa shape index (κ2) is 6.22. The van der Waals surface area contributed by atoms with Crippen molar-refractivity contribution in [2.75, 3.05) is 32.6 Å². The smallest absolute Gasteiger partial charge is 0.222 e. The predicted molar refractivity (Wildman–Crippen MR) is 85.5 cm³/mol. The number of methoxy groups -OCH3 is 1. The molecule has 0 spiro atoms. The summed E-state index contributed by atoms with van der Waals surface area (Å²) in [6, 6.07) is 3.27. The normalized spacial score (nSPS) is 22.7. The number of halogens is 2. The number of piperidine rings is 1. The molecule has 2 aromatic heterocycles. The first-order valence-electron chi connectivity index (χ1n) is 7.17. The van der Waals surface area contributed by atoms with Crippen molar-refractivity contribution in [3.05, 3.63) is 23.5 Å². The van der Waals surface area contributed by atoms with Crippen LogP contribution in [0.3, 0.4) is 0 Å². The molecule has 118 valence electrons. The lowest BCUT2D eigenvalue weighted by Gasteiger charge is -2.33. The maximum atomic E-state index is 14.2. The highest BCUT2D eigenvalue weighted by Crippen LogP contribution is 2.31. The molecule has 1 fully saturated rings. The van der Waals surface area contributed by atoms with E-state index in [0.717, 1.165) is 23.7 Å². The molecule has 0 amide bonds. The highest BCUT2D eigenvalue weighted by atomic mass is 35.5. The number of nitrogens with one attached hydrogen (secondary N) is 1. The van der Waals surface area contributed by atoms with Crippen LogP contribution < -0.4 is 10.1 Å². The second-order valence-corrected chi connectivity index (χ2v) is 5.91. The van der Waals surface area contributed by atoms with Crippen molar-refractivity contribution in [1.29, 1.82) is 0 Å². The summed E-state index contributed by atoms with van der Waals surface area (Å²) in [5.74, 6) is 1.05. The molecule has 2 atom stereocenters. The number of rotatable bonds is 3. The Morgan fingerprint density at radius 2 is 2.27 bits per heavy atom. The lowest BCUT2D eigenvalue weighted by molar-refractivity contribution is 0.149. The molecule has 1 aliphatic heterocycles. The Morgan fingerprint density at radius 1 is 1.45 bits per heavy atom. The zero-order valence-electron chi connectivity index (χ0n) is 12.5. The van der Waals surface area contributed by atoms with Crippen molar-refractivity contribution in [1.82, 2.24) is 14.9 Å². The molecule has 7 heteroatoms. The predicted octanol–water partition coefficient (Wildman–Crippen LogP) is 2.75.